The Morgan fingerprint density at radius 1 is 0.967 bits per heavy atom. The zero-order chi connectivity index (χ0) is 21.9. The average molecular weight is 428 g/mol. The third kappa shape index (κ3) is 3.79. The van der Waals surface area contributed by atoms with Crippen LogP contribution >= 0.6 is 0 Å². The molecule has 0 aromatic heterocycles. The second-order valence-electron chi connectivity index (χ2n) is 6.75. The minimum atomic E-state index is -4.12. The van der Waals surface area contributed by atoms with E-state index in [1.807, 2.05) is 6.07 Å². The van der Waals surface area contributed by atoms with Crippen LogP contribution in [-0.2, 0) is 28.9 Å². The number of nitrogens with zero attached hydrogens (tertiary/aromatic N) is 1. The van der Waals surface area contributed by atoms with E-state index in [1.165, 1.54) is 12.1 Å². The number of carbonyl (C=O) groups excluding carboxylic acids is 2. The summed E-state index contributed by atoms with van der Waals surface area (Å²) in [6, 6.07) is 13.8. The lowest BCUT2D eigenvalue weighted by atomic mass is 9.92. The van der Waals surface area contributed by atoms with Gasteiger partial charge in [0.2, 0.25) is 0 Å². The first kappa shape index (κ1) is 21.5. The lowest BCUT2D eigenvalue weighted by Crippen LogP contribution is -2.45. The average Bonchev–Trinajstić information content (AvgIpc) is 3.20. The highest BCUT2D eigenvalue weighted by molar-refractivity contribution is 7.92. The van der Waals surface area contributed by atoms with E-state index >= 15 is 0 Å². The van der Waals surface area contributed by atoms with Crippen molar-refractivity contribution in [2.24, 2.45) is 5.92 Å². The molecule has 2 aromatic carbocycles. The van der Waals surface area contributed by atoms with E-state index in [1.54, 1.807) is 42.5 Å². The van der Waals surface area contributed by atoms with E-state index in [9.17, 15) is 18.0 Å². The zero-order valence-electron chi connectivity index (χ0n) is 16.3. The molecule has 2 aromatic rings. The summed E-state index contributed by atoms with van der Waals surface area (Å²) in [5, 5.41) is 10.5. The molecule has 1 fully saturated rings. The Balaban J connectivity index is 2.16. The van der Waals surface area contributed by atoms with Crippen LogP contribution in [0.25, 0.3) is 0 Å². The van der Waals surface area contributed by atoms with Crippen LogP contribution in [0, 0.1) is 17.2 Å². The molecule has 0 amide bonds. The Kier molecular flexibility index (Phi) is 6.20. The Labute approximate surface area is 174 Å². The largest absolute Gasteiger partial charge is 0.469 e. The van der Waals surface area contributed by atoms with Crippen LogP contribution in [0.2, 0.25) is 0 Å². The lowest BCUT2D eigenvalue weighted by molar-refractivity contribution is -0.145. The third-order valence-electron chi connectivity index (χ3n) is 5.16. The van der Waals surface area contributed by atoms with E-state index in [2.05, 4.69) is 5.32 Å². The van der Waals surface area contributed by atoms with Gasteiger partial charge >= 0.3 is 11.9 Å². The molecular formula is C21H20N2O6S. The SMILES string of the molecule is COC(=O)[C@H]1[C@@H](S(=O)(=O)c2ccccc2)[C@@H](C(=O)OC)N[C@H]1c1ccc(C#N)cc1. The Morgan fingerprint density at radius 2 is 1.57 bits per heavy atom. The van der Waals surface area contributed by atoms with Crippen LogP contribution in [0.3, 0.4) is 0 Å². The highest BCUT2D eigenvalue weighted by atomic mass is 32.2. The second-order valence-corrected chi connectivity index (χ2v) is 8.86. The normalized spacial score (nSPS) is 23.4. The first-order valence-electron chi connectivity index (χ1n) is 9.06. The van der Waals surface area contributed by atoms with Crippen molar-refractivity contribution in [1.29, 1.82) is 5.26 Å². The molecule has 1 heterocycles. The van der Waals surface area contributed by atoms with Crippen LogP contribution < -0.4 is 5.32 Å². The molecule has 0 radical (unpaired) electrons. The van der Waals surface area contributed by atoms with E-state index in [4.69, 9.17) is 14.7 Å². The lowest BCUT2D eigenvalue weighted by Gasteiger charge is -2.23. The molecule has 30 heavy (non-hydrogen) atoms. The van der Waals surface area contributed by atoms with Gasteiger partial charge < -0.3 is 9.47 Å². The number of benzene rings is 2. The van der Waals surface area contributed by atoms with Crippen molar-refractivity contribution in [1.82, 2.24) is 5.32 Å². The van der Waals surface area contributed by atoms with Crippen molar-refractivity contribution in [3.8, 4) is 6.07 Å². The molecule has 0 spiro atoms. The molecule has 9 heteroatoms. The van der Waals surface area contributed by atoms with Gasteiger partial charge in [-0.25, -0.2) is 8.42 Å². The Hall–Kier alpha value is -3.22. The molecule has 156 valence electrons. The fourth-order valence-electron chi connectivity index (χ4n) is 3.73. The van der Waals surface area contributed by atoms with Crippen LogP contribution in [0.1, 0.15) is 17.2 Å². The zero-order valence-corrected chi connectivity index (χ0v) is 17.1. The molecule has 0 bridgehead atoms. The number of hydrogen-bond acceptors (Lipinski definition) is 8. The summed E-state index contributed by atoms with van der Waals surface area (Å²) in [6.07, 6.45) is 0. The van der Waals surface area contributed by atoms with E-state index in [0.717, 1.165) is 14.2 Å². The number of nitriles is 1. The number of sulfone groups is 1. The van der Waals surface area contributed by atoms with Gasteiger partial charge in [0, 0.05) is 6.04 Å². The van der Waals surface area contributed by atoms with Gasteiger partial charge in [-0.3, -0.25) is 14.9 Å². The summed E-state index contributed by atoms with van der Waals surface area (Å²) in [4.78, 5) is 25.2. The maximum absolute atomic E-state index is 13.5. The maximum Gasteiger partial charge on any atom is 0.324 e. The van der Waals surface area contributed by atoms with E-state index < -0.39 is 45.0 Å². The maximum atomic E-state index is 13.5. The van der Waals surface area contributed by atoms with Crippen molar-refractivity contribution >= 4 is 21.8 Å². The number of nitrogens with one attached hydrogen (secondary N) is 1. The highest BCUT2D eigenvalue weighted by Gasteiger charge is 2.57. The molecule has 0 aliphatic carbocycles. The summed E-state index contributed by atoms with van der Waals surface area (Å²) >= 11 is 0. The predicted octanol–water partition coefficient (Wildman–Crippen LogP) is 1.38. The molecular weight excluding hydrogens is 408 g/mol. The number of methoxy groups -OCH3 is 2. The van der Waals surface area contributed by atoms with Crippen molar-refractivity contribution in [2.45, 2.75) is 22.2 Å². The first-order valence-corrected chi connectivity index (χ1v) is 10.6. The summed E-state index contributed by atoms with van der Waals surface area (Å²) < 4.78 is 36.7. The minimum absolute atomic E-state index is 0.0138. The highest BCUT2D eigenvalue weighted by Crippen LogP contribution is 2.40. The van der Waals surface area contributed by atoms with E-state index in [-0.39, 0.29) is 4.90 Å². The third-order valence-corrected chi connectivity index (χ3v) is 7.37. The van der Waals surface area contributed by atoms with Crippen LogP contribution in [0.4, 0.5) is 0 Å². The van der Waals surface area contributed by atoms with Gasteiger partial charge in [0.05, 0.1) is 36.7 Å². The quantitative estimate of drug-likeness (QED) is 0.709. The molecule has 1 saturated heterocycles. The molecule has 3 rings (SSSR count). The van der Waals surface area contributed by atoms with Gasteiger partial charge in [-0.1, -0.05) is 30.3 Å². The van der Waals surface area contributed by atoms with Crippen LogP contribution in [0.5, 0.6) is 0 Å². The van der Waals surface area contributed by atoms with Gasteiger partial charge in [0.1, 0.15) is 11.3 Å². The molecule has 1 N–H and O–H groups in total. The van der Waals surface area contributed by atoms with Gasteiger partial charge in [-0.2, -0.15) is 5.26 Å². The smallest absolute Gasteiger partial charge is 0.324 e. The van der Waals surface area contributed by atoms with Crippen molar-refractivity contribution < 1.29 is 27.5 Å². The number of hydrogen-bond donors (Lipinski definition) is 1. The van der Waals surface area contributed by atoms with Gasteiger partial charge in [-0.05, 0) is 29.8 Å². The van der Waals surface area contributed by atoms with Crippen molar-refractivity contribution in [3.05, 3.63) is 65.7 Å². The molecule has 1 aliphatic heterocycles. The fourth-order valence-corrected chi connectivity index (χ4v) is 5.79. The summed E-state index contributed by atoms with van der Waals surface area (Å²) in [7, 11) is -1.80. The predicted molar refractivity (Wildman–Crippen MR) is 106 cm³/mol. The van der Waals surface area contributed by atoms with Crippen molar-refractivity contribution in [2.75, 3.05) is 14.2 Å². The summed E-state index contributed by atoms with van der Waals surface area (Å²) in [5.74, 6) is -2.78. The molecule has 4 atom stereocenters. The molecule has 0 saturated carbocycles. The standard InChI is InChI=1S/C21H20N2O6S/c1-28-20(24)16-17(14-10-8-13(12-22)9-11-14)23-18(21(25)29-2)19(16)30(26,27)15-6-4-3-5-7-15/h3-11,16-19,23H,1-2H3/t16-,17+,18+,19-/m1/s1. The van der Waals surface area contributed by atoms with Gasteiger partial charge in [-0.15, -0.1) is 0 Å². The Morgan fingerprint density at radius 3 is 2.10 bits per heavy atom. The van der Waals surface area contributed by atoms with Crippen LogP contribution in [-0.4, -0.2) is 45.9 Å². The minimum Gasteiger partial charge on any atom is -0.469 e. The first-order chi connectivity index (χ1) is 14.3. The monoisotopic (exact) mass is 428 g/mol. The number of ether oxygens (including phenoxy) is 2. The van der Waals surface area contributed by atoms with E-state index in [0.29, 0.717) is 11.1 Å². The summed E-state index contributed by atoms with van der Waals surface area (Å²) in [5.41, 5.74) is 0.952. The topological polar surface area (TPSA) is 123 Å². The summed E-state index contributed by atoms with van der Waals surface area (Å²) in [6.45, 7) is 0. The second kappa shape index (κ2) is 8.65. The number of carbonyl (C=O) groups is 2. The molecule has 0 unspecified atom stereocenters. The van der Waals surface area contributed by atoms with Crippen molar-refractivity contribution in [3.63, 3.8) is 0 Å². The number of rotatable bonds is 5. The molecule has 8 nitrogen and oxygen atoms in total. The Bertz CT molecular complexity index is 1080. The van der Waals surface area contributed by atoms with Gasteiger partial charge in [0.15, 0.2) is 9.84 Å². The number of esters is 2. The van der Waals surface area contributed by atoms with Gasteiger partial charge in [0.25, 0.3) is 0 Å². The fraction of sp³-hybridized carbons (Fsp3) is 0.286. The molecule has 1 aliphatic rings. The van der Waals surface area contributed by atoms with Crippen LogP contribution in [0.15, 0.2) is 59.5 Å².